The Balaban J connectivity index is 1.97. The van der Waals surface area contributed by atoms with Gasteiger partial charge in [-0.1, -0.05) is 15.9 Å². The van der Waals surface area contributed by atoms with Gasteiger partial charge >= 0.3 is 0 Å². The summed E-state index contributed by atoms with van der Waals surface area (Å²) in [4.78, 5) is 15.8. The highest BCUT2D eigenvalue weighted by Gasteiger charge is 2.24. The summed E-state index contributed by atoms with van der Waals surface area (Å²) in [5, 5.41) is 0. The summed E-state index contributed by atoms with van der Waals surface area (Å²) in [7, 11) is -2.96. The van der Waals surface area contributed by atoms with E-state index in [4.69, 9.17) is 0 Å². The second kappa shape index (κ2) is 7.72. The molecule has 0 spiro atoms. The molecule has 23 heavy (non-hydrogen) atoms. The van der Waals surface area contributed by atoms with Crippen molar-refractivity contribution in [2.75, 3.05) is 37.7 Å². The van der Waals surface area contributed by atoms with Crippen LogP contribution in [0.15, 0.2) is 22.7 Å². The number of benzene rings is 1. The highest BCUT2D eigenvalue weighted by Crippen LogP contribution is 2.17. The van der Waals surface area contributed by atoms with Crippen molar-refractivity contribution >= 4 is 31.7 Å². The van der Waals surface area contributed by atoms with E-state index in [1.54, 1.807) is 17.0 Å². The number of halogens is 2. The van der Waals surface area contributed by atoms with Gasteiger partial charge in [-0.25, -0.2) is 12.8 Å². The Hall–Kier alpha value is -0.990. The van der Waals surface area contributed by atoms with Gasteiger partial charge in [0.1, 0.15) is 5.82 Å². The fourth-order valence-electron chi connectivity index (χ4n) is 2.45. The van der Waals surface area contributed by atoms with E-state index in [0.717, 1.165) is 4.47 Å². The molecule has 1 heterocycles. The average molecular weight is 407 g/mol. The van der Waals surface area contributed by atoms with Crippen LogP contribution in [0.1, 0.15) is 12.5 Å². The van der Waals surface area contributed by atoms with Gasteiger partial charge in [-0.2, -0.15) is 0 Å². The first-order valence-corrected chi connectivity index (χ1v) is 10.1. The maximum atomic E-state index is 13.8. The molecule has 1 aliphatic heterocycles. The molecular weight excluding hydrogens is 387 g/mol. The lowest BCUT2D eigenvalue weighted by molar-refractivity contribution is -0.132. The lowest BCUT2D eigenvalue weighted by Gasteiger charge is -2.29. The summed E-state index contributed by atoms with van der Waals surface area (Å²) in [6.07, 6.45) is 0. The third kappa shape index (κ3) is 5.26. The molecule has 2 rings (SSSR count). The first-order chi connectivity index (χ1) is 10.8. The van der Waals surface area contributed by atoms with E-state index in [-0.39, 0.29) is 36.3 Å². The Morgan fingerprint density at radius 3 is 2.61 bits per heavy atom. The molecule has 0 saturated carbocycles. The zero-order valence-corrected chi connectivity index (χ0v) is 15.4. The van der Waals surface area contributed by atoms with Crippen molar-refractivity contribution < 1.29 is 17.6 Å². The van der Waals surface area contributed by atoms with E-state index in [0.29, 0.717) is 25.2 Å². The number of rotatable bonds is 5. The summed E-state index contributed by atoms with van der Waals surface area (Å²) in [5.74, 6) is -0.283. The Labute approximate surface area is 144 Å². The number of hydrogen-bond acceptors (Lipinski definition) is 4. The minimum Gasteiger partial charge on any atom is -0.337 e. The van der Waals surface area contributed by atoms with Crippen molar-refractivity contribution in [2.45, 2.75) is 13.5 Å². The van der Waals surface area contributed by atoms with Gasteiger partial charge < -0.3 is 4.90 Å². The highest BCUT2D eigenvalue weighted by atomic mass is 79.9. The zero-order chi connectivity index (χ0) is 17.0. The maximum Gasteiger partial charge on any atom is 0.237 e. The van der Waals surface area contributed by atoms with Gasteiger partial charge in [-0.15, -0.1) is 0 Å². The molecule has 0 radical (unpaired) electrons. The molecule has 1 aromatic rings. The predicted octanol–water partition coefficient (Wildman–Crippen LogP) is 1.67. The first-order valence-electron chi connectivity index (χ1n) is 7.45. The lowest BCUT2D eigenvalue weighted by atomic mass is 10.2. The summed E-state index contributed by atoms with van der Waals surface area (Å²) < 4.78 is 37.4. The Morgan fingerprint density at radius 2 is 2.00 bits per heavy atom. The summed E-state index contributed by atoms with van der Waals surface area (Å²) in [5.41, 5.74) is 0.454. The SMILES string of the molecule is CCN(Cc1cc(Br)ccc1F)C(=O)CN1CCS(=O)(=O)CC1. The van der Waals surface area contributed by atoms with Crippen molar-refractivity contribution in [3.05, 3.63) is 34.1 Å². The van der Waals surface area contributed by atoms with Gasteiger partial charge in [0.15, 0.2) is 9.84 Å². The fraction of sp³-hybridized carbons (Fsp3) is 0.533. The van der Waals surface area contributed by atoms with Crippen LogP contribution in [-0.4, -0.2) is 61.8 Å². The molecule has 5 nitrogen and oxygen atoms in total. The second-order valence-electron chi connectivity index (χ2n) is 5.57. The molecule has 0 unspecified atom stereocenters. The van der Waals surface area contributed by atoms with E-state index in [1.165, 1.54) is 6.07 Å². The molecule has 0 bridgehead atoms. The van der Waals surface area contributed by atoms with Crippen LogP contribution in [0, 0.1) is 5.82 Å². The standard InChI is InChI=1S/C15H20BrFN2O3S/c1-2-19(10-12-9-13(16)3-4-14(12)17)15(20)11-18-5-7-23(21,22)8-6-18/h3-4,9H,2,5-8,10-11H2,1H3. The van der Waals surface area contributed by atoms with Crippen LogP contribution in [-0.2, 0) is 21.2 Å². The smallest absolute Gasteiger partial charge is 0.237 e. The largest absolute Gasteiger partial charge is 0.337 e. The van der Waals surface area contributed by atoms with Crippen molar-refractivity contribution in [1.29, 1.82) is 0 Å². The Kier molecular flexibility index (Phi) is 6.16. The third-order valence-corrected chi connectivity index (χ3v) is 6.00. The van der Waals surface area contributed by atoms with Crippen molar-refractivity contribution in [3.63, 3.8) is 0 Å². The first kappa shape index (κ1) is 18.4. The number of carbonyl (C=O) groups excluding carboxylic acids is 1. The number of amides is 1. The van der Waals surface area contributed by atoms with Crippen molar-refractivity contribution in [3.8, 4) is 0 Å². The molecule has 1 amide bonds. The summed E-state index contributed by atoms with van der Waals surface area (Å²) in [6.45, 7) is 3.42. The van der Waals surface area contributed by atoms with E-state index in [2.05, 4.69) is 15.9 Å². The third-order valence-electron chi connectivity index (χ3n) is 3.90. The average Bonchev–Trinajstić information content (AvgIpc) is 2.50. The normalized spacial score (nSPS) is 17.9. The topological polar surface area (TPSA) is 57.7 Å². The van der Waals surface area contributed by atoms with Crippen LogP contribution in [0.3, 0.4) is 0 Å². The summed E-state index contributed by atoms with van der Waals surface area (Å²) in [6, 6.07) is 4.65. The number of likely N-dealkylation sites (N-methyl/N-ethyl adjacent to an activating group) is 1. The minimum absolute atomic E-state index is 0.0899. The molecule has 0 atom stereocenters. The van der Waals surface area contributed by atoms with Crippen molar-refractivity contribution in [1.82, 2.24) is 9.80 Å². The molecule has 0 aromatic heterocycles. The van der Waals surface area contributed by atoms with Gasteiger partial charge in [0.2, 0.25) is 5.91 Å². The van der Waals surface area contributed by atoms with E-state index in [1.807, 2.05) is 11.8 Å². The van der Waals surface area contributed by atoms with Crippen LogP contribution >= 0.6 is 15.9 Å². The molecular formula is C15H20BrFN2O3S. The maximum absolute atomic E-state index is 13.8. The van der Waals surface area contributed by atoms with Crippen LogP contribution in [0.25, 0.3) is 0 Å². The van der Waals surface area contributed by atoms with Gasteiger partial charge in [0, 0.05) is 36.2 Å². The Morgan fingerprint density at radius 1 is 1.35 bits per heavy atom. The fourth-order valence-corrected chi connectivity index (χ4v) is 4.13. The number of sulfone groups is 1. The molecule has 1 saturated heterocycles. The van der Waals surface area contributed by atoms with Gasteiger partial charge in [0.25, 0.3) is 0 Å². The van der Waals surface area contributed by atoms with Crippen LogP contribution in [0.2, 0.25) is 0 Å². The number of carbonyl (C=O) groups is 1. The predicted molar refractivity (Wildman–Crippen MR) is 90.3 cm³/mol. The minimum atomic E-state index is -2.96. The monoisotopic (exact) mass is 406 g/mol. The van der Waals surface area contributed by atoms with E-state index in [9.17, 15) is 17.6 Å². The molecule has 1 aliphatic rings. The number of hydrogen-bond donors (Lipinski definition) is 0. The van der Waals surface area contributed by atoms with E-state index < -0.39 is 9.84 Å². The van der Waals surface area contributed by atoms with Gasteiger partial charge in [0.05, 0.1) is 18.1 Å². The Bertz CT molecular complexity index is 667. The molecule has 8 heteroatoms. The van der Waals surface area contributed by atoms with Gasteiger partial charge in [-0.05, 0) is 25.1 Å². The quantitative estimate of drug-likeness (QED) is 0.745. The van der Waals surface area contributed by atoms with Crippen LogP contribution in [0.5, 0.6) is 0 Å². The van der Waals surface area contributed by atoms with Crippen LogP contribution in [0.4, 0.5) is 4.39 Å². The molecule has 0 N–H and O–H groups in total. The number of nitrogens with zero attached hydrogens (tertiary/aromatic N) is 2. The van der Waals surface area contributed by atoms with Crippen molar-refractivity contribution in [2.24, 2.45) is 0 Å². The zero-order valence-electron chi connectivity index (χ0n) is 13.0. The molecule has 1 fully saturated rings. The molecule has 0 aliphatic carbocycles. The summed E-state index contributed by atoms with van der Waals surface area (Å²) >= 11 is 3.30. The van der Waals surface area contributed by atoms with Crippen LogP contribution < -0.4 is 0 Å². The lowest BCUT2D eigenvalue weighted by Crippen LogP contribution is -2.46. The second-order valence-corrected chi connectivity index (χ2v) is 8.79. The van der Waals surface area contributed by atoms with E-state index >= 15 is 0 Å². The molecule has 128 valence electrons. The van der Waals surface area contributed by atoms with Gasteiger partial charge in [-0.3, -0.25) is 9.69 Å². The highest BCUT2D eigenvalue weighted by molar-refractivity contribution is 9.10. The molecule has 1 aromatic carbocycles.